The molecule has 2 aromatic carbocycles. The third kappa shape index (κ3) is 6.05. The van der Waals surface area contributed by atoms with Crippen LogP contribution in [0, 0.1) is 6.92 Å². The lowest BCUT2D eigenvalue weighted by Gasteiger charge is -2.35. The van der Waals surface area contributed by atoms with Crippen molar-refractivity contribution >= 4 is 5.91 Å². The largest absolute Gasteiger partial charge is 0.441 e. The number of ether oxygens (including phenoxy) is 1. The van der Waals surface area contributed by atoms with Crippen molar-refractivity contribution in [2.75, 3.05) is 32.8 Å². The number of benzene rings is 2. The molecule has 0 spiro atoms. The molecule has 1 aliphatic heterocycles. The number of morpholine rings is 1. The standard InChI is InChI=1S/C26H31N3O3/c1-20-7-5-10-22(17-20)23(29-13-15-31-16-14-29)18-27-25(30)11-6-12-26-28-19-24(32-26)21-8-3-2-4-9-21/h2-5,7-10,17,19,23H,6,11-16,18H2,1H3,(H,27,30). The molecule has 6 heteroatoms. The Bertz CT molecular complexity index is 996. The first-order chi connectivity index (χ1) is 15.7. The molecular formula is C26H31N3O3. The number of aromatic nitrogens is 1. The fourth-order valence-corrected chi connectivity index (χ4v) is 4.09. The second-order valence-electron chi connectivity index (χ2n) is 8.22. The first kappa shape index (κ1) is 22.2. The molecule has 1 unspecified atom stereocenters. The summed E-state index contributed by atoms with van der Waals surface area (Å²) < 4.78 is 11.4. The van der Waals surface area contributed by atoms with Gasteiger partial charge in [-0.3, -0.25) is 9.69 Å². The quantitative estimate of drug-likeness (QED) is 0.549. The molecule has 3 aromatic rings. The van der Waals surface area contributed by atoms with E-state index in [-0.39, 0.29) is 11.9 Å². The third-order valence-corrected chi connectivity index (χ3v) is 5.81. The normalized spacial score (nSPS) is 15.4. The number of oxazole rings is 1. The van der Waals surface area contributed by atoms with Crippen LogP contribution in [0.1, 0.15) is 35.9 Å². The maximum absolute atomic E-state index is 12.5. The molecule has 0 radical (unpaired) electrons. The molecule has 168 valence electrons. The average Bonchev–Trinajstić information content (AvgIpc) is 3.30. The van der Waals surface area contributed by atoms with Crippen molar-refractivity contribution in [3.63, 3.8) is 0 Å². The zero-order valence-electron chi connectivity index (χ0n) is 18.6. The maximum Gasteiger partial charge on any atom is 0.220 e. The van der Waals surface area contributed by atoms with E-state index in [4.69, 9.17) is 9.15 Å². The van der Waals surface area contributed by atoms with Crippen molar-refractivity contribution in [2.24, 2.45) is 0 Å². The highest BCUT2D eigenvalue weighted by Crippen LogP contribution is 2.23. The Morgan fingerprint density at radius 3 is 2.72 bits per heavy atom. The lowest BCUT2D eigenvalue weighted by atomic mass is 10.0. The zero-order chi connectivity index (χ0) is 22.2. The van der Waals surface area contributed by atoms with Gasteiger partial charge < -0.3 is 14.5 Å². The van der Waals surface area contributed by atoms with E-state index in [1.807, 2.05) is 30.3 Å². The van der Waals surface area contributed by atoms with Crippen LogP contribution in [0.15, 0.2) is 65.2 Å². The van der Waals surface area contributed by atoms with Crippen molar-refractivity contribution < 1.29 is 13.9 Å². The Hall–Kier alpha value is -2.96. The average molecular weight is 434 g/mol. The van der Waals surface area contributed by atoms with Gasteiger partial charge >= 0.3 is 0 Å². The maximum atomic E-state index is 12.5. The molecule has 1 aliphatic rings. The minimum absolute atomic E-state index is 0.0609. The Kier molecular flexibility index (Phi) is 7.69. The highest BCUT2D eigenvalue weighted by molar-refractivity contribution is 5.75. The van der Waals surface area contributed by atoms with Gasteiger partial charge in [-0.25, -0.2) is 4.98 Å². The topological polar surface area (TPSA) is 67.6 Å². The Balaban J connectivity index is 1.27. The van der Waals surface area contributed by atoms with Gasteiger partial charge in [0.05, 0.1) is 25.5 Å². The number of nitrogens with zero attached hydrogens (tertiary/aromatic N) is 2. The van der Waals surface area contributed by atoms with Crippen LogP contribution in [0.25, 0.3) is 11.3 Å². The van der Waals surface area contributed by atoms with Gasteiger partial charge in [-0.2, -0.15) is 0 Å². The number of rotatable bonds is 9. The van der Waals surface area contributed by atoms with Crippen LogP contribution < -0.4 is 5.32 Å². The van der Waals surface area contributed by atoms with E-state index in [2.05, 4.69) is 46.4 Å². The van der Waals surface area contributed by atoms with Gasteiger partial charge in [0.25, 0.3) is 0 Å². The van der Waals surface area contributed by atoms with Crippen LogP contribution in [0.3, 0.4) is 0 Å². The van der Waals surface area contributed by atoms with E-state index in [0.29, 0.717) is 31.7 Å². The number of carbonyl (C=O) groups is 1. The van der Waals surface area contributed by atoms with Crippen LogP contribution in [0.4, 0.5) is 0 Å². The number of carbonyl (C=O) groups excluding carboxylic acids is 1. The minimum atomic E-state index is 0.0609. The second kappa shape index (κ2) is 11.1. The summed E-state index contributed by atoms with van der Waals surface area (Å²) in [6.45, 7) is 5.92. The van der Waals surface area contributed by atoms with Crippen LogP contribution in [-0.4, -0.2) is 48.6 Å². The van der Waals surface area contributed by atoms with E-state index in [9.17, 15) is 4.79 Å². The van der Waals surface area contributed by atoms with Crippen LogP contribution in [0.2, 0.25) is 0 Å². The van der Waals surface area contributed by atoms with Crippen molar-refractivity contribution in [1.82, 2.24) is 15.2 Å². The molecule has 4 rings (SSSR count). The van der Waals surface area contributed by atoms with E-state index in [1.54, 1.807) is 6.20 Å². The molecule has 1 N–H and O–H groups in total. The number of aryl methyl sites for hydroxylation is 2. The Morgan fingerprint density at radius 1 is 1.12 bits per heavy atom. The van der Waals surface area contributed by atoms with Gasteiger partial charge in [0.1, 0.15) is 0 Å². The molecule has 32 heavy (non-hydrogen) atoms. The summed E-state index contributed by atoms with van der Waals surface area (Å²) in [6, 6.07) is 18.6. The number of hydrogen-bond acceptors (Lipinski definition) is 5. The number of hydrogen-bond donors (Lipinski definition) is 1. The first-order valence-corrected chi connectivity index (χ1v) is 11.3. The van der Waals surface area contributed by atoms with Gasteiger partial charge in [0.2, 0.25) is 5.91 Å². The fraction of sp³-hybridized carbons (Fsp3) is 0.385. The third-order valence-electron chi connectivity index (χ3n) is 5.81. The minimum Gasteiger partial charge on any atom is -0.441 e. The van der Waals surface area contributed by atoms with Gasteiger partial charge in [0.15, 0.2) is 11.7 Å². The number of nitrogens with one attached hydrogen (secondary N) is 1. The highest BCUT2D eigenvalue weighted by atomic mass is 16.5. The summed E-state index contributed by atoms with van der Waals surface area (Å²) in [5.41, 5.74) is 3.47. The number of amides is 1. The summed E-state index contributed by atoms with van der Waals surface area (Å²) in [6.07, 6.45) is 3.55. The lowest BCUT2D eigenvalue weighted by molar-refractivity contribution is -0.121. The zero-order valence-corrected chi connectivity index (χ0v) is 18.6. The molecule has 0 aliphatic carbocycles. The summed E-state index contributed by atoms with van der Waals surface area (Å²) in [5, 5.41) is 3.14. The molecule has 6 nitrogen and oxygen atoms in total. The summed E-state index contributed by atoms with van der Waals surface area (Å²) >= 11 is 0. The molecule has 1 amide bonds. The van der Waals surface area contributed by atoms with Crippen molar-refractivity contribution in [2.45, 2.75) is 32.2 Å². The molecule has 0 saturated carbocycles. The molecule has 2 heterocycles. The smallest absolute Gasteiger partial charge is 0.220 e. The second-order valence-corrected chi connectivity index (χ2v) is 8.22. The van der Waals surface area contributed by atoms with Gasteiger partial charge in [-0.15, -0.1) is 0 Å². The molecule has 0 bridgehead atoms. The fourth-order valence-electron chi connectivity index (χ4n) is 4.09. The van der Waals surface area contributed by atoms with Gasteiger partial charge in [-0.1, -0.05) is 60.2 Å². The van der Waals surface area contributed by atoms with Gasteiger partial charge in [0, 0.05) is 38.0 Å². The molecular weight excluding hydrogens is 402 g/mol. The molecule has 1 aromatic heterocycles. The van der Waals surface area contributed by atoms with Crippen molar-refractivity contribution in [3.8, 4) is 11.3 Å². The monoisotopic (exact) mass is 433 g/mol. The van der Waals surface area contributed by atoms with E-state index in [1.165, 1.54) is 11.1 Å². The van der Waals surface area contributed by atoms with Crippen LogP contribution in [-0.2, 0) is 16.0 Å². The first-order valence-electron chi connectivity index (χ1n) is 11.3. The summed E-state index contributed by atoms with van der Waals surface area (Å²) in [7, 11) is 0. The predicted molar refractivity (Wildman–Crippen MR) is 124 cm³/mol. The van der Waals surface area contributed by atoms with E-state index < -0.39 is 0 Å². The summed E-state index contributed by atoms with van der Waals surface area (Å²) in [4.78, 5) is 19.3. The van der Waals surface area contributed by atoms with Gasteiger partial charge in [-0.05, 0) is 18.9 Å². The molecule has 1 fully saturated rings. The Morgan fingerprint density at radius 2 is 1.94 bits per heavy atom. The van der Waals surface area contributed by atoms with Crippen molar-refractivity contribution in [3.05, 3.63) is 77.8 Å². The van der Waals surface area contributed by atoms with E-state index >= 15 is 0 Å². The lowest BCUT2D eigenvalue weighted by Crippen LogP contribution is -2.43. The molecule has 1 saturated heterocycles. The van der Waals surface area contributed by atoms with Crippen molar-refractivity contribution in [1.29, 1.82) is 0 Å². The Labute approximate surface area is 189 Å². The van der Waals surface area contributed by atoms with Crippen LogP contribution >= 0.6 is 0 Å². The van der Waals surface area contributed by atoms with Crippen LogP contribution in [0.5, 0.6) is 0 Å². The SMILES string of the molecule is Cc1cccc(C(CNC(=O)CCCc2ncc(-c3ccccc3)o2)N2CCOCC2)c1. The summed E-state index contributed by atoms with van der Waals surface area (Å²) in [5.74, 6) is 1.49. The predicted octanol–water partition coefficient (Wildman–Crippen LogP) is 4.16. The highest BCUT2D eigenvalue weighted by Gasteiger charge is 2.23. The molecule has 1 atom stereocenters. The van der Waals surface area contributed by atoms with E-state index in [0.717, 1.165) is 37.6 Å².